The van der Waals surface area contributed by atoms with Crippen LogP contribution in [0.15, 0.2) is 5.10 Å². The van der Waals surface area contributed by atoms with Gasteiger partial charge in [-0.25, -0.2) is 10.6 Å². The molecule has 8 heteroatoms. The second-order valence-corrected chi connectivity index (χ2v) is 8.87. The van der Waals surface area contributed by atoms with Crippen LogP contribution in [0, 0.1) is 11.3 Å². The number of carbonyl (C=O) groups is 1. The third-order valence-corrected chi connectivity index (χ3v) is 7.05. The average molecular weight is 379 g/mol. The normalized spacial score (nSPS) is 32.6. The lowest BCUT2D eigenvalue weighted by atomic mass is 9.64. The van der Waals surface area contributed by atoms with Crippen LogP contribution >= 0.6 is 0 Å². The Balaban J connectivity index is 1.23. The van der Waals surface area contributed by atoms with Gasteiger partial charge < -0.3 is 20.4 Å². The predicted molar refractivity (Wildman–Crippen MR) is 104 cm³/mol. The standard InChI is InChI=1S/C19H34N6O2/c1-2-27-18(26)24-10-7-19(13-24)11-16(12-19)23-8-5-14(6-9-23)17(22-20)25(21)15-3-4-15/h14-16H,2-13,20-21H2,1H3/b22-17-. The Labute approximate surface area is 161 Å². The first-order chi connectivity index (χ1) is 13.0. The van der Waals surface area contributed by atoms with Crippen LogP contribution in [0.2, 0.25) is 0 Å². The zero-order valence-corrected chi connectivity index (χ0v) is 16.5. The summed E-state index contributed by atoms with van der Waals surface area (Å²) < 4.78 is 5.16. The zero-order valence-electron chi connectivity index (χ0n) is 16.5. The van der Waals surface area contributed by atoms with Crippen molar-refractivity contribution < 1.29 is 9.53 Å². The highest BCUT2D eigenvalue weighted by molar-refractivity contribution is 5.84. The first-order valence-corrected chi connectivity index (χ1v) is 10.5. The summed E-state index contributed by atoms with van der Waals surface area (Å²) in [5, 5.41) is 5.85. The van der Waals surface area contributed by atoms with Gasteiger partial charge in [-0.05, 0) is 70.4 Å². The average Bonchev–Trinajstić information content (AvgIpc) is 3.40. The number of nitrogens with two attached hydrogens (primary N) is 2. The van der Waals surface area contributed by atoms with Crippen LogP contribution < -0.4 is 11.7 Å². The maximum absolute atomic E-state index is 11.9. The molecule has 4 rings (SSSR count). The topological polar surface area (TPSA) is 100 Å². The number of hydrazone groups is 1. The van der Waals surface area contributed by atoms with E-state index in [0.29, 0.717) is 30.0 Å². The number of piperidine rings is 1. The minimum atomic E-state index is -0.144. The highest BCUT2D eigenvalue weighted by Crippen LogP contribution is 2.50. The summed E-state index contributed by atoms with van der Waals surface area (Å²) >= 11 is 0. The summed E-state index contributed by atoms with van der Waals surface area (Å²) in [4.78, 5) is 16.5. The molecule has 27 heavy (non-hydrogen) atoms. The van der Waals surface area contributed by atoms with Crippen LogP contribution in [0.5, 0.6) is 0 Å². The fourth-order valence-electron chi connectivity index (χ4n) is 5.28. The minimum Gasteiger partial charge on any atom is -0.450 e. The van der Waals surface area contributed by atoms with Crippen molar-refractivity contribution >= 4 is 11.9 Å². The Morgan fingerprint density at radius 1 is 1.22 bits per heavy atom. The molecule has 0 aromatic rings. The van der Waals surface area contributed by atoms with E-state index >= 15 is 0 Å². The lowest BCUT2D eigenvalue weighted by molar-refractivity contribution is -0.00600. The highest BCUT2D eigenvalue weighted by atomic mass is 16.6. The number of rotatable bonds is 4. The maximum Gasteiger partial charge on any atom is 0.409 e. The molecule has 4 aliphatic rings. The fraction of sp³-hybridized carbons (Fsp3) is 0.895. The lowest BCUT2D eigenvalue weighted by Gasteiger charge is -2.51. The quantitative estimate of drug-likeness (QED) is 0.331. The molecule has 152 valence electrons. The van der Waals surface area contributed by atoms with Crippen LogP contribution in [-0.2, 0) is 4.74 Å². The van der Waals surface area contributed by atoms with E-state index in [4.69, 9.17) is 16.4 Å². The second kappa shape index (κ2) is 7.47. The molecule has 4 fully saturated rings. The Kier molecular flexibility index (Phi) is 5.20. The summed E-state index contributed by atoms with van der Waals surface area (Å²) in [6.07, 6.45) is 7.85. The van der Waals surface area contributed by atoms with Gasteiger partial charge >= 0.3 is 6.09 Å². The number of likely N-dealkylation sites (tertiary alicyclic amines) is 2. The van der Waals surface area contributed by atoms with Crippen LogP contribution in [0.1, 0.15) is 51.9 Å². The van der Waals surface area contributed by atoms with Crippen LogP contribution in [0.25, 0.3) is 0 Å². The van der Waals surface area contributed by atoms with Crippen LogP contribution in [-0.4, -0.2) is 71.6 Å². The lowest BCUT2D eigenvalue weighted by Crippen LogP contribution is -2.55. The van der Waals surface area contributed by atoms with E-state index in [1.54, 1.807) is 0 Å². The van der Waals surface area contributed by atoms with Gasteiger partial charge in [0.1, 0.15) is 5.84 Å². The Hall–Kier alpha value is -1.54. The van der Waals surface area contributed by atoms with E-state index < -0.39 is 0 Å². The molecule has 2 aliphatic carbocycles. The minimum absolute atomic E-state index is 0.144. The number of hydrogen-bond donors (Lipinski definition) is 2. The number of nitrogens with zero attached hydrogens (tertiary/aromatic N) is 4. The molecule has 2 saturated heterocycles. The summed E-state index contributed by atoms with van der Waals surface area (Å²) in [5.41, 5.74) is 0.332. The predicted octanol–water partition coefficient (Wildman–Crippen LogP) is 1.32. The highest BCUT2D eigenvalue weighted by Gasteiger charge is 2.51. The third kappa shape index (κ3) is 3.74. The molecule has 0 atom stereocenters. The van der Waals surface area contributed by atoms with Crippen molar-refractivity contribution in [2.45, 2.75) is 64.0 Å². The number of carbonyl (C=O) groups excluding carboxylic acids is 1. The molecular formula is C19H34N6O2. The van der Waals surface area contributed by atoms with Crippen molar-refractivity contribution in [1.82, 2.24) is 14.8 Å². The molecule has 2 heterocycles. The van der Waals surface area contributed by atoms with Gasteiger partial charge in [0.05, 0.1) is 6.61 Å². The van der Waals surface area contributed by atoms with Crippen molar-refractivity contribution in [2.24, 2.45) is 28.1 Å². The molecule has 1 spiro atoms. The Morgan fingerprint density at radius 2 is 1.93 bits per heavy atom. The van der Waals surface area contributed by atoms with E-state index in [1.807, 2.05) is 16.8 Å². The van der Waals surface area contributed by atoms with E-state index in [2.05, 4.69) is 10.0 Å². The van der Waals surface area contributed by atoms with Gasteiger partial charge in [-0.3, -0.25) is 5.01 Å². The zero-order chi connectivity index (χ0) is 19.0. The van der Waals surface area contributed by atoms with Crippen LogP contribution in [0.4, 0.5) is 4.79 Å². The van der Waals surface area contributed by atoms with Crippen molar-refractivity contribution in [1.29, 1.82) is 0 Å². The molecule has 4 N–H and O–H groups in total. The SMILES string of the molecule is CCOC(=O)N1CCC2(CC(N3CCC(/C(=N/N)N(N)C4CC4)CC3)C2)C1. The van der Waals surface area contributed by atoms with Crippen molar-refractivity contribution in [2.75, 3.05) is 32.8 Å². The van der Waals surface area contributed by atoms with Gasteiger partial charge in [0, 0.05) is 31.1 Å². The van der Waals surface area contributed by atoms with E-state index in [-0.39, 0.29) is 6.09 Å². The maximum atomic E-state index is 11.9. The monoisotopic (exact) mass is 378 g/mol. The third-order valence-electron chi connectivity index (χ3n) is 7.05. The summed E-state index contributed by atoms with van der Waals surface area (Å²) in [6, 6.07) is 1.10. The molecule has 0 unspecified atom stereocenters. The van der Waals surface area contributed by atoms with Gasteiger partial charge in [-0.2, -0.15) is 5.10 Å². The summed E-state index contributed by atoms with van der Waals surface area (Å²) in [6.45, 7) is 6.20. The van der Waals surface area contributed by atoms with E-state index in [1.165, 1.54) is 12.8 Å². The smallest absolute Gasteiger partial charge is 0.409 e. The van der Waals surface area contributed by atoms with Gasteiger partial charge in [-0.1, -0.05) is 0 Å². The van der Waals surface area contributed by atoms with E-state index in [0.717, 1.165) is 64.1 Å². The second-order valence-electron chi connectivity index (χ2n) is 8.87. The molecular weight excluding hydrogens is 344 g/mol. The number of hydrazine groups is 1. The Bertz CT molecular complexity index is 579. The van der Waals surface area contributed by atoms with E-state index in [9.17, 15) is 4.79 Å². The number of amidine groups is 1. The molecule has 0 aromatic carbocycles. The number of amides is 1. The van der Waals surface area contributed by atoms with Crippen LogP contribution in [0.3, 0.4) is 0 Å². The number of ether oxygens (including phenoxy) is 1. The molecule has 1 amide bonds. The Morgan fingerprint density at radius 3 is 2.52 bits per heavy atom. The number of hydrogen-bond acceptors (Lipinski definition) is 6. The first kappa shape index (κ1) is 18.8. The van der Waals surface area contributed by atoms with Gasteiger partial charge in [0.2, 0.25) is 0 Å². The summed E-state index contributed by atoms with van der Waals surface area (Å²) in [7, 11) is 0. The fourth-order valence-corrected chi connectivity index (χ4v) is 5.28. The van der Waals surface area contributed by atoms with Gasteiger partial charge in [0.25, 0.3) is 0 Å². The van der Waals surface area contributed by atoms with Gasteiger partial charge in [-0.15, -0.1) is 0 Å². The molecule has 2 saturated carbocycles. The van der Waals surface area contributed by atoms with Crippen molar-refractivity contribution in [3.05, 3.63) is 0 Å². The van der Waals surface area contributed by atoms with Gasteiger partial charge in [0.15, 0.2) is 0 Å². The molecule has 0 radical (unpaired) electrons. The van der Waals surface area contributed by atoms with Crippen molar-refractivity contribution in [3.63, 3.8) is 0 Å². The molecule has 0 aromatic heterocycles. The summed E-state index contributed by atoms with van der Waals surface area (Å²) in [5.74, 6) is 13.1. The molecule has 0 bridgehead atoms. The largest absolute Gasteiger partial charge is 0.450 e. The first-order valence-electron chi connectivity index (χ1n) is 10.5. The van der Waals surface area contributed by atoms with Crippen molar-refractivity contribution in [3.8, 4) is 0 Å². The molecule has 2 aliphatic heterocycles. The molecule has 8 nitrogen and oxygen atoms in total.